The number of hydrogen-bond acceptors (Lipinski definition) is 6. The third-order valence-electron chi connectivity index (χ3n) is 1.83. The van der Waals surface area contributed by atoms with Crippen LogP contribution in [0.5, 0.6) is 0 Å². The minimum Gasteiger partial charge on any atom is -0.360 e. The Labute approximate surface area is 103 Å². The minimum absolute atomic E-state index is 0.00303. The number of carbonyl (C=O) groups excluding carboxylic acids is 1. The van der Waals surface area contributed by atoms with Gasteiger partial charge in [-0.2, -0.15) is 0 Å². The Morgan fingerprint density at radius 3 is 2.94 bits per heavy atom. The molecule has 1 atom stereocenters. The summed E-state index contributed by atoms with van der Waals surface area (Å²) in [6.45, 7) is 4.84. The number of carbonyl (C=O) groups is 1. The van der Waals surface area contributed by atoms with Crippen molar-refractivity contribution < 1.29 is 4.79 Å². The van der Waals surface area contributed by atoms with Crippen molar-refractivity contribution in [3.63, 3.8) is 0 Å². The van der Waals surface area contributed by atoms with Gasteiger partial charge in [0.25, 0.3) is 0 Å². The highest BCUT2D eigenvalue weighted by atomic mass is 32.2. The summed E-state index contributed by atoms with van der Waals surface area (Å²) in [6.07, 6.45) is 1.05. The van der Waals surface area contributed by atoms with Gasteiger partial charge in [0.05, 0.1) is 5.25 Å². The first-order valence-electron chi connectivity index (χ1n) is 5.13. The highest BCUT2D eigenvalue weighted by Gasteiger charge is 2.15. The van der Waals surface area contributed by atoms with E-state index in [1.165, 1.54) is 23.1 Å². The van der Waals surface area contributed by atoms with E-state index in [0.29, 0.717) is 0 Å². The van der Waals surface area contributed by atoms with Crippen LogP contribution in [0.15, 0.2) is 4.34 Å². The third-order valence-corrected chi connectivity index (χ3v) is 3.89. The predicted molar refractivity (Wildman–Crippen MR) is 68.1 cm³/mol. The Hall–Kier alpha value is -0.820. The number of anilines is 1. The van der Waals surface area contributed by atoms with E-state index in [1.807, 2.05) is 6.92 Å². The monoisotopic (exact) mass is 260 g/mol. The van der Waals surface area contributed by atoms with Crippen LogP contribution in [0.3, 0.4) is 0 Å². The summed E-state index contributed by atoms with van der Waals surface area (Å²) in [5.41, 5.74) is 0. The molecule has 0 saturated carbocycles. The number of hydrogen-bond donors (Lipinski definition) is 2. The molecule has 0 fully saturated rings. The van der Waals surface area contributed by atoms with Crippen LogP contribution in [-0.2, 0) is 4.79 Å². The zero-order valence-electron chi connectivity index (χ0n) is 9.61. The maximum atomic E-state index is 11.3. The van der Waals surface area contributed by atoms with Gasteiger partial charge in [0.15, 0.2) is 4.34 Å². The lowest BCUT2D eigenvalue weighted by Gasteiger charge is -2.05. The average molecular weight is 260 g/mol. The van der Waals surface area contributed by atoms with Gasteiger partial charge in [-0.25, -0.2) is 0 Å². The molecule has 1 rings (SSSR count). The summed E-state index contributed by atoms with van der Waals surface area (Å²) in [5, 5.41) is 14.5. The molecule has 1 amide bonds. The maximum Gasteiger partial charge on any atom is 0.233 e. The summed E-state index contributed by atoms with van der Waals surface area (Å²) < 4.78 is 0.815. The molecule has 5 nitrogen and oxygen atoms in total. The molecule has 2 N–H and O–H groups in total. The zero-order valence-corrected chi connectivity index (χ0v) is 11.2. The van der Waals surface area contributed by atoms with Crippen molar-refractivity contribution in [2.45, 2.75) is 29.9 Å². The molecule has 16 heavy (non-hydrogen) atoms. The summed E-state index contributed by atoms with van der Waals surface area (Å²) in [4.78, 5) is 11.3. The van der Waals surface area contributed by atoms with Gasteiger partial charge in [-0.15, -0.1) is 10.2 Å². The van der Waals surface area contributed by atoms with E-state index < -0.39 is 0 Å². The SMILES string of the molecule is CCCNc1nnc(S[C@@H](C)C(=O)NC)s1. The molecule has 0 spiro atoms. The fraction of sp³-hybridized carbons (Fsp3) is 0.667. The Morgan fingerprint density at radius 1 is 1.56 bits per heavy atom. The van der Waals surface area contributed by atoms with E-state index in [1.54, 1.807) is 7.05 Å². The van der Waals surface area contributed by atoms with Gasteiger partial charge < -0.3 is 10.6 Å². The lowest BCUT2D eigenvalue weighted by Crippen LogP contribution is -2.27. The minimum atomic E-state index is -0.142. The lowest BCUT2D eigenvalue weighted by molar-refractivity contribution is -0.119. The highest BCUT2D eigenvalue weighted by molar-refractivity contribution is 8.02. The predicted octanol–water partition coefficient (Wildman–Crippen LogP) is 1.59. The number of rotatable bonds is 6. The van der Waals surface area contributed by atoms with Crippen LogP contribution in [-0.4, -0.2) is 34.9 Å². The maximum absolute atomic E-state index is 11.3. The molecule has 0 saturated heterocycles. The van der Waals surface area contributed by atoms with Crippen LogP contribution in [0.4, 0.5) is 5.13 Å². The quantitative estimate of drug-likeness (QED) is 0.760. The van der Waals surface area contributed by atoms with Crippen LogP contribution < -0.4 is 10.6 Å². The average Bonchev–Trinajstić information content (AvgIpc) is 2.72. The third kappa shape index (κ3) is 3.97. The first kappa shape index (κ1) is 13.2. The Morgan fingerprint density at radius 2 is 2.31 bits per heavy atom. The molecule has 1 aromatic heterocycles. The van der Waals surface area contributed by atoms with Crippen LogP contribution in [0.1, 0.15) is 20.3 Å². The fourth-order valence-electron chi connectivity index (χ4n) is 0.969. The first-order valence-corrected chi connectivity index (χ1v) is 6.82. The second kappa shape index (κ2) is 6.70. The van der Waals surface area contributed by atoms with Gasteiger partial charge in [0.2, 0.25) is 11.0 Å². The molecule has 0 aromatic carbocycles. The van der Waals surface area contributed by atoms with Crippen molar-refractivity contribution in [1.29, 1.82) is 0 Å². The van der Waals surface area contributed by atoms with Crippen molar-refractivity contribution in [3.8, 4) is 0 Å². The van der Waals surface area contributed by atoms with E-state index in [0.717, 1.165) is 22.4 Å². The summed E-state index contributed by atoms with van der Waals surface area (Å²) in [5.74, 6) is 0.00303. The van der Waals surface area contributed by atoms with Gasteiger partial charge in [-0.05, 0) is 13.3 Å². The number of nitrogens with zero attached hydrogens (tertiary/aromatic N) is 2. The molecule has 1 aromatic rings. The Kier molecular flexibility index (Phi) is 5.54. The van der Waals surface area contributed by atoms with Crippen LogP contribution in [0, 0.1) is 0 Å². The summed E-state index contributed by atoms with van der Waals surface area (Å²) in [6, 6.07) is 0. The topological polar surface area (TPSA) is 66.9 Å². The number of thioether (sulfide) groups is 1. The van der Waals surface area contributed by atoms with Crippen molar-refractivity contribution in [1.82, 2.24) is 15.5 Å². The van der Waals surface area contributed by atoms with Crippen LogP contribution >= 0.6 is 23.1 Å². The molecular formula is C9H16N4OS2. The van der Waals surface area contributed by atoms with Gasteiger partial charge >= 0.3 is 0 Å². The Bertz CT molecular complexity index is 342. The fourth-order valence-corrected chi connectivity index (χ4v) is 2.95. The molecule has 0 aliphatic heterocycles. The highest BCUT2D eigenvalue weighted by Crippen LogP contribution is 2.28. The van der Waals surface area contributed by atoms with E-state index in [-0.39, 0.29) is 11.2 Å². The number of amides is 1. The summed E-state index contributed by atoms with van der Waals surface area (Å²) in [7, 11) is 1.63. The molecule has 1 heterocycles. The van der Waals surface area contributed by atoms with Gasteiger partial charge in [0.1, 0.15) is 0 Å². The van der Waals surface area contributed by atoms with Gasteiger partial charge in [-0.1, -0.05) is 30.0 Å². The van der Waals surface area contributed by atoms with Crippen molar-refractivity contribution >= 4 is 34.1 Å². The molecule has 0 radical (unpaired) electrons. The molecule has 0 bridgehead atoms. The van der Waals surface area contributed by atoms with Gasteiger partial charge in [0, 0.05) is 13.6 Å². The van der Waals surface area contributed by atoms with Crippen molar-refractivity contribution in [3.05, 3.63) is 0 Å². The van der Waals surface area contributed by atoms with E-state index in [2.05, 4.69) is 27.8 Å². The van der Waals surface area contributed by atoms with Gasteiger partial charge in [-0.3, -0.25) is 4.79 Å². The smallest absolute Gasteiger partial charge is 0.233 e. The lowest BCUT2D eigenvalue weighted by atomic mass is 10.4. The van der Waals surface area contributed by atoms with E-state index >= 15 is 0 Å². The second-order valence-corrected chi connectivity index (χ2v) is 5.74. The molecule has 0 aliphatic carbocycles. The second-order valence-electron chi connectivity index (χ2n) is 3.17. The molecule has 7 heteroatoms. The van der Waals surface area contributed by atoms with Crippen LogP contribution in [0.2, 0.25) is 0 Å². The van der Waals surface area contributed by atoms with Crippen LogP contribution in [0.25, 0.3) is 0 Å². The van der Waals surface area contributed by atoms with Crippen molar-refractivity contribution in [2.75, 3.05) is 18.9 Å². The summed E-state index contributed by atoms with van der Waals surface area (Å²) >= 11 is 2.90. The van der Waals surface area contributed by atoms with Crippen molar-refractivity contribution in [2.24, 2.45) is 0 Å². The standard InChI is InChI=1S/C9H16N4OS2/c1-4-5-11-8-12-13-9(16-8)15-6(2)7(14)10-3/h6H,4-5H2,1-3H3,(H,10,14)(H,11,12)/t6-/m0/s1. The molecule has 90 valence electrons. The normalized spacial score (nSPS) is 12.2. The molecule has 0 aliphatic rings. The largest absolute Gasteiger partial charge is 0.360 e. The first-order chi connectivity index (χ1) is 7.67. The van der Waals surface area contributed by atoms with E-state index in [9.17, 15) is 4.79 Å². The molecule has 0 unspecified atom stereocenters. The number of aromatic nitrogens is 2. The molecular weight excluding hydrogens is 244 g/mol. The Balaban J connectivity index is 2.48. The zero-order chi connectivity index (χ0) is 12.0. The number of nitrogens with one attached hydrogen (secondary N) is 2. The van der Waals surface area contributed by atoms with E-state index in [4.69, 9.17) is 0 Å².